The summed E-state index contributed by atoms with van der Waals surface area (Å²) in [6, 6.07) is 10.2. The molecule has 18 heteroatoms. The first kappa shape index (κ1) is 43.6. The number of aromatic nitrogens is 3. The van der Waals surface area contributed by atoms with Gasteiger partial charge in [-0.2, -0.15) is 4.98 Å². The number of imide groups is 1. The third kappa shape index (κ3) is 8.64. The predicted octanol–water partition coefficient (Wildman–Crippen LogP) is 5.19. The number of carbonyl (C=O) groups is 4. The van der Waals surface area contributed by atoms with E-state index in [-0.39, 0.29) is 85.0 Å². The van der Waals surface area contributed by atoms with Crippen molar-refractivity contribution in [3.8, 4) is 5.75 Å². The second kappa shape index (κ2) is 18.1. The normalized spacial score (nSPS) is 22.2. The summed E-state index contributed by atoms with van der Waals surface area (Å²) >= 11 is 6.59. The highest BCUT2D eigenvalue weighted by Crippen LogP contribution is 2.39. The summed E-state index contributed by atoms with van der Waals surface area (Å²) in [5.41, 5.74) is 2.41. The molecule has 9 rings (SSSR count). The SMILES string of the molecule is CNC(=O)COc1cc2cc(Nc3nc(N4CCC(O[C@H]5C[C@H](N6CCC(c7ccc8c(c7F)CN(C7CCC(=O)NC7=O)C8=O)CC6)C5)CC4)ncc3Cl)ccc2n(C(C)C)c1=O. The minimum Gasteiger partial charge on any atom is -0.478 e. The Bertz CT molecular complexity index is 2550. The van der Waals surface area contributed by atoms with Crippen LogP contribution >= 0.6 is 11.6 Å². The van der Waals surface area contributed by atoms with Crippen LogP contribution in [-0.2, 0) is 25.7 Å². The highest BCUT2D eigenvalue weighted by molar-refractivity contribution is 6.33. The molecule has 1 aliphatic carbocycles. The fraction of sp³-hybridized carbons (Fsp3) is 0.500. The van der Waals surface area contributed by atoms with E-state index in [4.69, 9.17) is 26.1 Å². The van der Waals surface area contributed by atoms with Gasteiger partial charge in [0.15, 0.2) is 18.2 Å². The number of piperidine rings is 3. The Hall–Kier alpha value is -5.65. The Labute approximate surface area is 374 Å². The van der Waals surface area contributed by atoms with Gasteiger partial charge in [0.25, 0.3) is 17.4 Å². The Morgan fingerprint density at radius 2 is 1.75 bits per heavy atom. The molecule has 4 fully saturated rings. The third-order valence-electron chi connectivity index (χ3n) is 13.5. The summed E-state index contributed by atoms with van der Waals surface area (Å²) in [5, 5.41) is 9.23. The number of hydrogen-bond acceptors (Lipinski definition) is 12. The summed E-state index contributed by atoms with van der Waals surface area (Å²) in [4.78, 5) is 77.7. The van der Waals surface area contributed by atoms with E-state index < -0.39 is 11.9 Å². The Balaban J connectivity index is 0.746. The molecule has 16 nitrogen and oxygen atoms in total. The van der Waals surface area contributed by atoms with Crippen molar-refractivity contribution in [2.24, 2.45) is 0 Å². The van der Waals surface area contributed by atoms with Gasteiger partial charge in [0, 0.05) is 60.8 Å². The lowest BCUT2D eigenvalue weighted by Gasteiger charge is -2.47. The fourth-order valence-corrected chi connectivity index (χ4v) is 10.0. The highest BCUT2D eigenvalue weighted by Gasteiger charge is 2.42. The van der Waals surface area contributed by atoms with Crippen LogP contribution in [-0.4, -0.2) is 112 Å². The number of nitrogens with zero attached hydrogens (tertiary/aromatic N) is 6. The molecule has 338 valence electrons. The average Bonchev–Trinajstić information content (AvgIpc) is 3.61. The number of halogens is 2. The summed E-state index contributed by atoms with van der Waals surface area (Å²) < 4.78 is 29.8. The van der Waals surface area contributed by atoms with E-state index >= 15 is 4.39 Å². The van der Waals surface area contributed by atoms with Crippen LogP contribution in [0.4, 0.5) is 21.8 Å². The summed E-state index contributed by atoms with van der Waals surface area (Å²) in [5.74, 6) is -0.732. The maximum absolute atomic E-state index is 16.0. The Morgan fingerprint density at radius 3 is 2.47 bits per heavy atom. The summed E-state index contributed by atoms with van der Waals surface area (Å²) in [6.07, 6.45) is 7.63. The molecule has 6 heterocycles. The number of carbonyl (C=O) groups excluding carboxylic acids is 4. The lowest BCUT2D eigenvalue weighted by Crippen LogP contribution is -2.52. The summed E-state index contributed by atoms with van der Waals surface area (Å²) in [6.45, 7) is 6.81. The second-order valence-electron chi connectivity index (χ2n) is 17.8. The Morgan fingerprint density at radius 1 is 0.984 bits per heavy atom. The number of amides is 4. The van der Waals surface area contributed by atoms with E-state index in [1.807, 2.05) is 32.0 Å². The number of anilines is 3. The van der Waals surface area contributed by atoms with Crippen LogP contribution in [0.15, 0.2) is 47.4 Å². The van der Waals surface area contributed by atoms with Crippen molar-refractivity contribution < 1.29 is 33.0 Å². The Kier molecular flexibility index (Phi) is 12.3. The molecule has 4 aliphatic heterocycles. The van der Waals surface area contributed by atoms with Gasteiger partial charge in [-0.25, -0.2) is 9.37 Å². The van der Waals surface area contributed by atoms with Gasteiger partial charge in [0.1, 0.15) is 16.9 Å². The topological polar surface area (TPSA) is 180 Å². The number of nitrogens with one attached hydrogen (secondary N) is 3. The van der Waals surface area contributed by atoms with E-state index in [0.29, 0.717) is 45.2 Å². The third-order valence-corrected chi connectivity index (χ3v) is 13.8. The minimum atomic E-state index is -0.769. The molecule has 1 atom stereocenters. The summed E-state index contributed by atoms with van der Waals surface area (Å²) in [7, 11) is 1.51. The van der Waals surface area contributed by atoms with Crippen molar-refractivity contribution in [1.29, 1.82) is 0 Å². The van der Waals surface area contributed by atoms with Crippen molar-refractivity contribution >= 4 is 63.6 Å². The molecule has 2 aromatic carbocycles. The van der Waals surface area contributed by atoms with Gasteiger partial charge in [-0.05, 0) is 114 Å². The van der Waals surface area contributed by atoms with Crippen LogP contribution in [0.3, 0.4) is 0 Å². The van der Waals surface area contributed by atoms with E-state index in [2.05, 4.69) is 30.7 Å². The van der Waals surface area contributed by atoms with Gasteiger partial charge in [0.2, 0.25) is 17.8 Å². The molecular formula is C46H53ClFN9O7. The number of benzene rings is 2. The molecule has 3 N–H and O–H groups in total. The van der Waals surface area contributed by atoms with Gasteiger partial charge < -0.3 is 39.4 Å². The van der Waals surface area contributed by atoms with E-state index in [0.717, 1.165) is 75.6 Å². The van der Waals surface area contributed by atoms with Crippen molar-refractivity contribution in [3.63, 3.8) is 0 Å². The first-order valence-electron chi connectivity index (χ1n) is 22.3. The van der Waals surface area contributed by atoms with Crippen molar-refractivity contribution in [2.75, 3.05) is 50.1 Å². The number of hydrogen-bond donors (Lipinski definition) is 3. The number of likely N-dealkylation sites (N-methyl/N-ethyl adjacent to an activating group) is 1. The standard InChI is InChI=1S/C46H53ClFN9O7/c1-25(2)57-36-7-4-28(18-27(36)19-38(45(57)62)63-24-40(59)49-3)51-42-35(47)22-50-46(53-42)55-16-12-30(13-17-55)64-31-20-29(21-31)54-14-10-26(11-15-54)32-5-6-33-34(41(32)48)23-56(44(33)61)37-8-9-39(58)52-43(37)60/h4-7,18-19,22,25-26,29-31,37H,8-17,20-21,23-24H2,1-3H3,(H,49,59)(H,50,51,53)(H,52,58,60)/t29-,31-,37?. The maximum atomic E-state index is 16.0. The van der Waals surface area contributed by atoms with Crippen molar-refractivity contribution in [2.45, 2.75) is 108 Å². The molecule has 5 aliphatic rings. The quantitative estimate of drug-likeness (QED) is 0.159. The zero-order valence-electron chi connectivity index (χ0n) is 36.2. The fourth-order valence-electron chi connectivity index (χ4n) is 9.89. The average molecular weight is 898 g/mol. The number of rotatable bonds is 12. The molecule has 0 radical (unpaired) electrons. The van der Waals surface area contributed by atoms with Gasteiger partial charge >= 0.3 is 0 Å². The number of pyridine rings is 1. The minimum absolute atomic E-state index is 0.0380. The molecule has 0 bridgehead atoms. The molecule has 3 saturated heterocycles. The van der Waals surface area contributed by atoms with Gasteiger partial charge in [-0.3, -0.25) is 29.3 Å². The first-order chi connectivity index (χ1) is 30.8. The van der Waals surface area contributed by atoms with E-state index in [1.165, 1.54) is 11.9 Å². The lowest BCUT2D eigenvalue weighted by atomic mass is 9.83. The first-order valence-corrected chi connectivity index (χ1v) is 22.7. The molecular weight excluding hydrogens is 845 g/mol. The lowest BCUT2D eigenvalue weighted by molar-refractivity contribution is -0.137. The monoisotopic (exact) mass is 897 g/mol. The van der Waals surface area contributed by atoms with Crippen LogP contribution < -0.4 is 31.1 Å². The van der Waals surface area contributed by atoms with Crippen LogP contribution in [0.2, 0.25) is 5.02 Å². The van der Waals surface area contributed by atoms with Gasteiger partial charge in [-0.15, -0.1) is 0 Å². The molecule has 4 amide bonds. The van der Waals surface area contributed by atoms with Gasteiger partial charge in [0.05, 0.1) is 30.5 Å². The molecule has 1 unspecified atom stereocenters. The molecule has 64 heavy (non-hydrogen) atoms. The number of likely N-dealkylation sites (tertiary alicyclic amines) is 1. The second-order valence-corrected chi connectivity index (χ2v) is 18.2. The van der Waals surface area contributed by atoms with Crippen molar-refractivity contribution in [3.05, 3.63) is 80.5 Å². The molecule has 4 aromatic rings. The van der Waals surface area contributed by atoms with E-state index in [1.54, 1.807) is 29.0 Å². The maximum Gasteiger partial charge on any atom is 0.293 e. The number of fused-ring (bicyclic) bond motifs is 2. The van der Waals surface area contributed by atoms with Crippen molar-refractivity contribution in [1.82, 2.24) is 35.0 Å². The smallest absolute Gasteiger partial charge is 0.293 e. The molecule has 2 aromatic heterocycles. The van der Waals surface area contributed by atoms with E-state index in [9.17, 15) is 24.0 Å². The number of ether oxygens (including phenoxy) is 2. The largest absolute Gasteiger partial charge is 0.478 e. The predicted molar refractivity (Wildman–Crippen MR) is 238 cm³/mol. The van der Waals surface area contributed by atoms with Crippen LogP contribution in [0.25, 0.3) is 10.9 Å². The van der Waals surface area contributed by atoms with Crippen LogP contribution in [0.5, 0.6) is 5.75 Å². The van der Waals surface area contributed by atoms with Crippen LogP contribution in [0, 0.1) is 5.82 Å². The van der Waals surface area contributed by atoms with Gasteiger partial charge in [-0.1, -0.05) is 17.7 Å². The molecule has 0 spiro atoms. The zero-order chi connectivity index (χ0) is 44.8. The van der Waals surface area contributed by atoms with Crippen LogP contribution in [0.1, 0.15) is 98.7 Å². The highest BCUT2D eigenvalue weighted by atomic mass is 35.5. The molecule has 1 saturated carbocycles. The zero-order valence-corrected chi connectivity index (χ0v) is 37.0.